The molecule has 5 nitrogen and oxygen atoms in total. The Kier molecular flexibility index (Phi) is 4.81. The Labute approximate surface area is 106 Å². The Morgan fingerprint density at radius 2 is 2.17 bits per heavy atom. The van der Waals surface area contributed by atoms with Crippen molar-refractivity contribution < 1.29 is 9.90 Å². The summed E-state index contributed by atoms with van der Waals surface area (Å²) in [5.74, 6) is -0.336. The molecule has 96 valence electrons. The van der Waals surface area contributed by atoms with E-state index in [0.717, 1.165) is 0 Å². The van der Waals surface area contributed by atoms with E-state index in [9.17, 15) is 9.90 Å². The first-order chi connectivity index (χ1) is 8.60. The lowest BCUT2D eigenvalue weighted by molar-refractivity contribution is 0.0813. The van der Waals surface area contributed by atoms with Crippen LogP contribution < -0.4 is 5.32 Å². The van der Waals surface area contributed by atoms with Crippen LogP contribution in [0.3, 0.4) is 0 Å². The van der Waals surface area contributed by atoms with Gasteiger partial charge in [0.05, 0.1) is 17.7 Å². The Bertz CT molecular complexity index is 436. The molecule has 18 heavy (non-hydrogen) atoms. The summed E-state index contributed by atoms with van der Waals surface area (Å²) in [6.45, 7) is 3.71. The summed E-state index contributed by atoms with van der Waals surface area (Å²) in [7, 11) is 0. The average Bonchev–Trinajstić information content (AvgIpc) is 2.45. The van der Waals surface area contributed by atoms with Crippen molar-refractivity contribution in [3.63, 3.8) is 0 Å². The van der Waals surface area contributed by atoms with Gasteiger partial charge >= 0.3 is 0 Å². The molecule has 0 radical (unpaired) electrons. The number of aliphatic hydroxyl groups is 1. The van der Waals surface area contributed by atoms with E-state index < -0.39 is 5.54 Å². The van der Waals surface area contributed by atoms with E-state index in [2.05, 4.69) is 10.3 Å². The van der Waals surface area contributed by atoms with Gasteiger partial charge in [-0.1, -0.05) is 13.8 Å². The van der Waals surface area contributed by atoms with Crippen LogP contribution in [0.4, 0.5) is 0 Å². The van der Waals surface area contributed by atoms with Gasteiger partial charge < -0.3 is 10.4 Å². The molecule has 0 saturated heterocycles. The van der Waals surface area contributed by atoms with Crippen LogP contribution in [0.5, 0.6) is 0 Å². The van der Waals surface area contributed by atoms with Crippen LogP contribution >= 0.6 is 0 Å². The second-order valence-electron chi connectivity index (χ2n) is 4.14. The molecule has 0 spiro atoms. The van der Waals surface area contributed by atoms with Crippen LogP contribution in [-0.4, -0.2) is 28.1 Å². The summed E-state index contributed by atoms with van der Waals surface area (Å²) < 4.78 is 0. The number of carbonyl (C=O) groups is 1. The molecule has 0 aromatic carbocycles. The molecule has 2 N–H and O–H groups in total. The van der Waals surface area contributed by atoms with Crippen molar-refractivity contribution >= 4 is 5.91 Å². The summed E-state index contributed by atoms with van der Waals surface area (Å²) in [5, 5.41) is 20.8. The van der Waals surface area contributed by atoms with E-state index in [4.69, 9.17) is 5.26 Å². The number of hydrogen-bond acceptors (Lipinski definition) is 4. The first-order valence-electron chi connectivity index (χ1n) is 5.90. The predicted octanol–water partition coefficient (Wildman–Crippen LogP) is 1.23. The molecule has 0 aliphatic rings. The van der Waals surface area contributed by atoms with Crippen LogP contribution in [0.25, 0.3) is 0 Å². The van der Waals surface area contributed by atoms with Gasteiger partial charge in [-0.2, -0.15) is 5.26 Å². The maximum absolute atomic E-state index is 12.0. The van der Waals surface area contributed by atoms with Crippen LogP contribution in [0.1, 0.15) is 42.7 Å². The molecular weight excluding hydrogens is 230 g/mol. The van der Waals surface area contributed by atoms with E-state index in [0.29, 0.717) is 18.4 Å². The number of rotatable bonds is 5. The van der Waals surface area contributed by atoms with Crippen LogP contribution in [0.2, 0.25) is 0 Å². The minimum atomic E-state index is -0.605. The van der Waals surface area contributed by atoms with Crippen molar-refractivity contribution in [1.29, 1.82) is 5.26 Å². The number of pyridine rings is 1. The fraction of sp³-hybridized carbons (Fsp3) is 0.462. The van der Waals surface area contributed by atoms with Gasteiger partial charge in [0, 0.05) is 6.20 Å². The molecule has 0 unspecified atom stereocenters. The lowest BCUT2D eigenvalue weighted by Crippen LogP contribution is -2.50. The molecule has 1 rings (SSSR count). The fourth-order valence-corrected chi connectivity index (χ4v) is 1.59. The van der Waals surface area contributed by atoms with Gasteiger partial charge in [-0.05, 0) is 25.0 Å². The number of amides is 1. The SMILES string of the molecule is CCC(CC)(CO)NC(=O)c1ccc(C#N)cn1. The van der Waals surface area contributed by atoms with E-state index in [-0.39, 0.29) is 18.2 Å². The predicted molar refractivity (Wildman–Crippen MR) is 66.8 cm³/mol. The summed E-state index contributed by atoms with van der Waals surface area (Å²) in [6, 6.07) is 4.98. The van der Waals surface area contributed by atoms with Crippen molar-refractivity contribution in [2.24, 2.45) is 0 Å². The van der Waals surface area contributed by atoms with Crippen LogP contribution in [0.15, 0.2) is 18.3 Å². The van der Waals surface area contributed by atoms with E-state index >= 15 is 0 Å². The zero-order valence-corrected chi connectivity index (χ0v) is 10.6. The van der Waals surface area contributed by atoms with E-state index in [1.165, 1.54) is 12.3 Å². The minimum Gasteiger partial charge on any atom is -0.394 e. The van der Waals surface area contributed by atoms with E-state index in [1.54, 1.807) is 6.07 Å². The minimum absolute atomic E-state index is 0.109. The molecular formula is C13H17N3O2. The molecule has 1 amide bonds. The normalized spacial score (nSPS) is 10.8. The summed E-state index contributed by atoms with van der Waals surface area (Å²) in [6.07, 6.45) is 2.64. The molecule has 0 fully saturated rings. The zero-order valence-electron chi connectivity index (χ0n) is 10.6. The Morgan fingerprint density at radius 1 is 1.50 bits per heavy atom. The zero-order chi connectivity index (χ0) is 13.6. The van der Waals surface area contributed by atoms with Gasteiger partial charge in [-0.15, -0.1) is 0 Å². The standard InChI is InChI=1S/C13H17N3O2/c1-3-13(4-2,9-17)16-12(18)11-6-5-10(7-14)8-15-11/h5-6,8,17H,3-4,9H2,1-2H3,(H,16,18). The highest BCUT2D eigenvalue weighted by atomic mass is 16.3. The lowest BCUT2D eigenvalue weighted by Gasteiger charge is -2.30. The molecule has 0 saturated carbocycles. The Hall–Kier alpha value is -1.93. The second-order valence-corrected chi connectivity index (χ2v) is 4.14. The third-order valence-corrected chi connectivity index (χ3v) is 3.16. The first-order valence-corrected chi connectivity index (χ1v) is 5.90. The molecule has 0 bridgehead atoms. The van der Waals surface area contributed by atoms with Gasteiger partial charge in [0.1, 0.15) is 11.8 Å². The topological polar surface area (TPSA) is 86.0 Å². The van der Waals surface area contributed by atoms with Gasteiger partial charge in [0.15, 0.2) is 0 Å². The monoisotopic (exact) mass is 247 g/mol. The van der Waals surface area contributed by atoms with Crippen LogP contribution in [-0.2, 0) is 0 Å². The van der Waals surface area contributed by atoms with Gasteiger partial charge in [-0.3, -0.25) is 4.79 Å². The lowest BCUT2D eigenvalue weighted by atomic mass is 9.93. The highest BCUT2D eigenvalue weighted by molar-refractivity contribution is 5.92. The number of aliphatic hydroxyl groups excluding tert-OH is 1. The van der Waals surface area contributed by atoms with Crippen molar-refractivity contribution in [3.05, 3.63) is 29.6 Å². The summed E-state index contributed by atoms with van der Waals surface area (Å²) in [5.41, 5.74) is 0.0480. The molecule has 5 heteroatoms. The molecule has 0 aliphatic carbocycles. The highest BCUT2D eigenvalue weighted by Gasteiger charge is 2.27. The third-order valence-electron chi connectivity index (χ3n) is 3.16. The maximum Gasteiger partial charge on any atom is 0.270 e. The van der Waals surface area contributed by atoms with Crippen LogP contribution in [0, 0.1) is 11.3 Å². The van der Waals surface area contributed by atoms with Gasteiger partial charge in [0.25, 0.3) is 5.91 Å². The number of carbonyl (C=O) groups excluding carboxylic acids is 1. The van der Waals surface area contributed by atoms with E-state index in [1.807, 2.05) is 19.9 Å². The summed E-state index contributed by atoms with van der Waals surface area (Å²) in [4.78, 5) is 15.9. The second kappa shape index (κ2) is 6.12. The smallest absolute Gasteiger partial charge is 0.270 e. The number of nitrogens with one attached hydrogen (secondary N) is 1. The number of hydrogen-bond donors (Lipinski definition) is 2. The van der Waals surface area contributed by atoms with Gasteiger partial charge in [-0.25, -0.2) is 4.98 Å². The fourth-order valence-electron chi connectivity index (χ4n) is 1.59. The van der Waals surface area contributed by atoms with Crippen molar-refractivity contribution in [2.75, 3.05) is 6.61 Å². The maximum atomic E-state index is 12.0. The number of nitrogens with zero attached hydrogens (tertiary/aromatic N) is 2. The third kappa shape index (κ3) is 3.05. The number of aromatic nitrogens is 1. The molecule has 1 heterocycles. The molecule has 0 aliphatic heterocycles. The molecule has 1 aromatic heterocycles. The molecule has 1 aromatic rings. The quantitative estimate of drug-likeness (QED) is 0.819. The van der Waals surface area contributed by atoms with Crippen molar-refractivity contribution in [2.45, 2.75) is 32.2 Å². The summed E-state index contributed by atoms with van der Waals surface area (Å²) >= 11 is 0. The van der Waals surface area contributed by atoms with Crippen molar-refractivity contribution in [3.8, 4) is 6.07 Å². The number of nitriles is 1. The molecule has 0 atom stereocenters. The average molecular weight is 247 g/mol. The first kappa shape index (κ1) is 14.1. The van der Waals surface area contributed by atoms with Gasteiger partial charge in [0.2, 0.25) is 0 Å². The Balaban J connectivity index is 2.84. The largest absolute Gasteiger partial charge is 0.394 e. The van der Waals surface area contributed by atoms with Crippen molar-refractivity contribution in [1.82, 2.24) is 10.3 Å². The highest BCUT2D eigenvalue weighted by Crippen LogP contribution is 2.14. The Morgan fingerprint density at radius 3 is 2.56 bits per heavy atom.